The Bertz CT molecular complexity index is 661. The summed E-state index contributed by atoms with van der Waals surface area (Å²) in [5, 5.41) is 9.76. The Hall–Kier alpha value is -2.18. The van der Waals surface area contributed by atoms with E-state index in [1.165, 1.54) is 0 Å². The third-order valence-electron chi connectivity index (χ3n) is 3.50. The fourth-order valence-corrected chi connectivity index (χ4v) is 2.36. The predicted molar refractivity (Wildman–Crippen MR) is 83.8 cm³/mol. The molecule has 4 heteroatoms. The number of rotatable bonds is 3. The molecule has 1 atom stereocenters. The van der Waals surface area contributed by atoms with Gasteiger partial charge in [0.1, 0.15) is 6.07 Å². The highest BCUT2D eigenvalue weighted by Crippen LogP contribution is 2.32. The first-order chi connectivity index (χ1) is 9.54. The predicted octanol–water partition coefficient (Wildman–Crippen LogP) is 3.99. The number of nitrogen functional groups attached to an aromatic ring is 1. The Balaban J connectivity index is 2.37. The molecule has 20 heavy (non-hydrogen) atoms. The van der Waals surface area contributed by atoms with E-state index in [4.69, 9.17) is 22.6 Å². The van der Waals surface area contributed by atoms with Crippen LogP contribution in [0.25, 0.3) is 0 Å². The number of para-hydroxylation sites is 1. The standard InChI is InChI=1S/C16H16ClN3/c1-11(12-5-3-7-14(17)9-12)20(2)15-8-4-6-13(10-18)16(15)19/h3-9,11H,19H2,1-2H3. The van der Waals surface area contributed by atoms with E-state index in [0.29, 0.717) is 16.3 Å². The Labute approximate surface area is 124 Å². The van der Waals surface area contributed by atoms with E-state index in [9.17, 15) is 0 Å². The molecular weight excluding hydrogens is 270 g/mol. The second-order valence-corrected chi connectivity index (χ2v) is 5.13. The molecule has 0 fully saturated rings. The number of nitrogens with two attached hydrogens (primary N) is 1. The lowest BCUT2D eigenvalue weighted by Gasteiger charge is -2.29. The summed E-state index contributed by atoms with van der Waals surface area (Å²) in [6, 6.07) is 15.4. The van der Waals surface area contributed by atoms with Gasteiger partial charge in [-0.2, -0.15) is 5.26 Å². The second-order valence-electron chi connectivity index (χ2n) is 4.69. The van der Waals surface area contributed by atoms with Crippen molar-refractivity contribution in [3.63, 3.8) is 0 Å². The highest BCUT2D eigenvalue weighted by atomic mass is 35.5. The molecule has 102 valence electrons. The first kappa shape index (κ1) is 14.2. The van der Waals surface area contributed by atoms with Crippen LogP contribution >= 0.6 is 11.6 Å². The van der Waals surface area contributed by atoms with Crippen molar-refractivity contribution in [3.8, 4) is 6.07 Å². The molecular formula is C16H16ClN3. The van der Waals surface area contributed by atoms with Crippen LogP contribution in [0, 0.1) is 11.3 Å². The summed E-state index contributed by atoms with van der Waals surface area (Å²) in [6.07, 6.45) is 0. The van der Waals surface area contributed by atoms with Crippen molar-refractivity contribution in [1.29, 1.82) is 5.26 Å². The minimum Gasteiger partial charge on any atom is -0.396 e. The van der Waals surface area contributed by atoms with Crippen molar-refractivity contribution in [3.05, 3.63) is 58.6 Å². The molecule has 2 aromatic rings. The summed E-state index contributed by atoms with van der Waals surface area (Å²) in [6.45, 7) is 2.07. The zero-order chi connectivity index (χ0) is 14.7. The summed E-state index contributed by atoms with van der Waals surface area (Å²) < 4.78 is 0. The van der Waals surface area contributed by atoms with Gasteiger partial charge in [0, 0.05) is 12.1 Å². The fourth-order valence-electron chi connectivity index (χ4n) is 2.16. The third kappa shape index (κ3) is 2.71. The van der Waals surface area contributed by atoms with Gasteiger partial charge in [0.05, 0.1) is 23.0 Å². The molecule has 0 aliphatic carbocycles. The Morgan fingerprint density at radius 3 is 2.60 bits per heavy atom. The van der Waals surface area contributed by atoms with Gasteiger partial charge in [0.25, 0.3) is 0 Å². The third-order valence-corrected chi connectivity index (χ3v) is 3.73. The number of halogens is 1. The molecule has 0 amide bonds. The van der Waals surface area contributed by atoms with Crippen LogP contribution in [0.15, 0.2) is 42.5 Å². The van der Waals surface area contributed by atoms with E-state index >= 15 is 0 Å². The first-order valence-electron chi connectivity index (χ1n) is 6.31. The summed E-state index contributed by atoms with van der Waals surface area (Å²) in [5.74, 6) is 0. The van der Waals surface area contributed by atoms with E-state index in [1.54, 1.807) is 6.07 Å². The highest BCUT2D eigenvalue weighted by molar-refractivity contribution is 6.30. The number of benzene rings is 2. The van der Waals surface area contributed by atoms with E-state index in [2.05, 4.69) is 13.0 Å². The van der Waals surface area contributed by atoms with Crippen LogP contribution in [0.2, 0.25) is 5.02 Å². The Morgan fingerprint density at radius 2 is 1.95 bits per heavy atom. The highest BCUT2D eigenvalue weighted by Gasteiger charge is 2.16. The average molecular weight is 286 g/mol. The monoisotopic (exact) mass is 285 g/mol. The van der Waals surface area contributed by atoms with Crippen LogP contribution in [0.4, 0.5) is 11.4 Å². The lowest BCUT2D eigenvalue weighted by atomic mass is 10.1. The van der Waals surface area contributed by atoms with Gasteiger partial charge in [-0.1, -0.05) is 29.8 Å². The van der Waals surface area contributed by atoms with Gasteiger partial charge in [-0.25, -0.2) is 0 Å². The largest absolute Gasteiger partial charge is 0.396 e. The molecule has 2 rings (SSSR count). The maximum Gasteiger partial charge on any atom is 0.101 e. The molecule has 3 nitrogen and oxygen atoms in total. The van der Waals surface area contributed by atoms with Crippen LogP contribution < -0.4 is 10.6 Å². The molecule has 0 bridgehead atoms. The molecule has 0 spiro atoms. The van der Waals surface area contributed by atoms with Crippen LogP contribution in [-0.4, -0.2) is 7.05 Å². The van der Waals surface area contributed by atoms with Crippen molar-refractivity contribution >= 4 is 23.0 Å². The zero-order valence-corrected chi connectivity index (χ0v) is 12.2. The topological polar surface area (TPSA) is 53.0 Å². The summed E-state index contributed by atoms with van der Waals surface area (Å²) in [4.78, 5) is 2.04. The second kappa shape index (κ2) is 5.85. The molecule has 0 aliphatic heterocycles. The molecule has 0 heterocycles. The van der Waals surface area contributed by atoms with Crippen LogP contribution in [0.5, 0.6) is 0 Å². The smallest absolute Gasteiger partial charge is 0.101 e. The van der Waals surface area contributed by atoms with Gasteiger partial charge in [-0.05, 0) is 36.8 Å². The van der Waals surface area contributed by atoms with Gasteiger partial charge in [0.2, 0.25) is 0 Å². The number of nitriles is 1. The van der Waals surface area contributed by atoms with E-state index in [-0.39, 0.29) is 6.04 Å². The molecule has 2 N–H and O–H groups in total. The number of hydrogen-bond donors (Lipinski definition) is 1. The molecule has 0 saturated carbocycles. The van der Waals surface area contributed by atoms with Crippen LogP contribution in [0.3, 0.4) is 0 Å². The minimum absolute atomic E-state index is 0.102. The molecule has 0 saturated heterocycles. The van der Waals surface area contributed by atoms with Crippen LogP contribution in [0.1, 0.15) is 24.1 Å². The SMILES string of the molecule is CC(c1cccc(Cl)c1)N(C)c1cccc(C#N)c1N. The fraction of sp³-hybridized carbons (Fsp3) is 0.188. The van der Waals surface area contributed by atoms with Crippen molar-refractivity contribution < 1.29 is 0 Å². The quantitative estimate of drug-likeness (QED) is 0.868. The number of nitrogens with zero attached hydrogens (tertiary/aromatic N) is 2. The van der Waals surface area contributed by atoms with Crippen molar-refractivity contribution in [2.24, 2.45) is 0 Å². The molecule has 0 aliphatic rings. The lowest BCUT2D eigenvalue weighted by Crippen LogP contribution is -2.22. The molecule has 1 unspecified atom stereocenters. The summed E-state index contributed by atoms with van der Waals surface area (Å²) in [7, 11) is 1.96. The minimum atomic E-state index is 0.102. The number of anilines is 2. The van der Waals surface area contributed by atoms with Gasteiger partial charge in [-0.15, -0.1) is 0 Å². The molecule has 0 aromatic heterocycles. The average Bonchev–Trinajstić information content (AvgIpc) is 2.46. The van der Waals surface area contributed by atoms with Crippen molar-refractivity contribution in [2.75, 3.05) is 17.7 Å². The maximum atomic E-state index is 9.05. The zero-order valence-electron chi connectivity index (χ0n) is 11.5. The summed E-state index contributed by atoms with van der Waals surface area (Å²) >= 11 is 6.03. The summed E-state index contributed by atoms with van der Waals surface area (Å²) in [5.41, 5.74) is 8.99. The van der Waals surface area contributed by atoms with Gasteiger partial charge in [0.15, 0.2) is 0 Å². The maximum absolute atomic E-state index is 9.05. The van der Waals surface area contributed by atoms with Crippen molar-refractivity contribution in [1.82, 2.24) is 0 Å². The van der Waals surface area contributed by atoms with Crippen LogP contribution in [-0.2, 0) is 0 Å². The van der Waals surface area contributed by atoms with Gasteiger partial charge < -0.3 is 10.6 Å². The van der Waals surface area contributed by atoms with E-state index in [0.717, 1.165) is 11.3 Å². The normalized spacial score (nSPS) is 11.7. The number of hydrogen-bond acceptors (Lipinski definition) is 3. The van der Waals surface area contributed by atoms with Gasteiger partial charge >= 0.3 is 0 Å². The lowest BCUT2D eigenvalue weighted by molar-refractivity contribution is 0.741. The molecule has 2 aromatic carbocycles. The van der Waals surface area contributed by atoms with E-state index < -0.39 is 0 Å². The first-order valence-corrected chi connectivity index (χ1v) is 6.69. The van der Waals surface area contributed by atoms with Crippen molar-refractivity contribution in [2.45, 2.75) is 13.0 Å². The molecule has 0 radical (unpaired) electrons. The van der Waals surface area contributed by atoms with E-state index in [1.807, 2.05) is 48.3 Å². The Kier molecular flexibility index (Phi) is 4.16. The Morgan fingerprint density at radius 1 is 1.25 bits per heavy atom. The van der Waals surface area contributed by atoms with Gasteiger partial charge in [-0.3, -0.25) is 0 Å².